The van der Waals surface area contributed by atoms with Crippen LogP contribution >= 0.6 is 15.9 Å². The topological polar surface area (TPSA) is 36.3 Å². The number of nitrogens with zero attached hydrogens (tertiary/aromatic N) is 2. The Labute approximate surface area is 122 Å². The normalized spacial score (nSPS) is 15.2. The summed E-state index contributed by atoms with van der Waals surface area (Å²) in [6, 6.07) is 0. The average Bonchev–Trinajstić information content (AvgIpc) is 2.67. The van der Waals surface area contributed by atoms with E-state index >= 15 is 0 Å². The number of aryl methyl sites for hydroxylation is 1. The fourth-order valence-electron chi connectivity index (χ4n) is 1.97. The Kier molecular flexibility index (Phi) is 4.82. The van der Waals surface area contributed by atoms with Crippen LogP contribution in [0.5, 0.6) is 0 Å². The van der Waals surface area contributed by atoms with Crippen LogP contribution in [-0.2, 0) is 23.1 Å². The van der Waals surface area contributed by atoms with E-state index in [2.05, 4.69) is 27.1 Å². The molecule has 0 radical (unpaired) electrons. The Morgan fingerprint density at radius 2 is 2.11 bits per heavy atom. The summed E-state index contributed by atoms with van der Waals surface area (Å²) >= 11 is 3.54. The molecule has 0 spiro atoms. The van der Waals surface area contributed by atoms with Gasteiger partial charge in [-0.05, 0) is 40.9 Å². The zero-order valence-electron chi connectivity index (χ0n) is 11.6. The lowest BCUT2D eigenvalue weighted by molar-refractivity contribution is 0.136. The van der Waals surface area contributed by atoms with E-state index in [9.17, 15) is 0 Å². The molecule has 1 aromatic rings. The second-order valence-electron chi connectivity index (χ2n) is 4.62. The molecule has 0 saturated carbocycles. The van der Waals surface area contributed by atoms with Gasteiger partial charge in [-0.1, -0.05) is 6.08 Å². The first-order valence-electron chi connectivity index (χ1n) is 6.30. The lowest BCUT2D eigenvalue weighted by Crippen LogP contribution is -2.04. The summed E-state index contributed by atoms with van der Waals surface area (Å²) in [4.78, 5) is 0. The lowest BCUT2D eigenvalue weighted by atomic mass is 10.0. The molecule has 0 unspecified atom stereocenters. The lowest BCUT2D eigenvalue weighted by Gasteiger charge is -2.13. The number of methoxy groups -OCH3 is 1. The Balaban J connectivity index is 1.86. The summed E-state index contributed by atoms with van der Waals surface area (Å²) in [6.45, 7) is 3.21. The molecule has 0 aliphatic heterocycles. The predicted molar refractivity (Wildman–Crippen MR) is 77.7 cm³/mol. The van der Waals surface area contributed by atoms with Crippen molar-refractivity contribution in [3.8, 4) is 0 Å². The first-order chi connectivity index (χ1) is 9.11. The molecule has 4 nitrogen and oxygen atoms in total. The van der Waals surface area contributed by atoms with E-state index in [1.807, 2.05) is 24.7 Å². The number of hydrogen-bond acceptors (Lipinski definition) is 3. The summed E-state index contributed by atoms with van der Waals surface area (Å²) in [5.74, 6) is 1.03. The first kappa shape index (κ1) is 14.3. The Morgan fingerprint density at radius 1 is 1.32 bits per heavy atom. The van der Waals surface area contributed by atoms with Crippen molar-refractivity contribution in [3.63, 3.8) is 0 Å². The fourth-order valence-corrected chi connectivity index (χ4v) is 2.42. The van der Waals surface area contributed by atoms with Crippen LogP contribution in [0.1, 0.15) is 24.2 Å². The van der Waals surface area contributed by atoms with Crippen molar-refractivity contribution >= 4 is 15.9 Å². The van der Waals surface area contributed by atoms with Gasteiger partial charge in [0.05, 0.1) is 30.6 Å². The molecule has 0 fully saturated rings. The highest BCUT2D eigenvalue weighted by Gasteiger charge is 2.11. The van der Waals surface area contributed by atoms with Crippen LogP contribution in [0, 0.1) is 6.92 Å². The quantitative estimate of drug-likeness (QED) is 0.833. The highest BCUT2D eigenvalue weighted by molar-refractivity contribution is 9.10. The molecule has 1 aliphatic carbocycles. The largest absolute Gasteiger partial charge is 0.501 e. The third-order valence-electron chi connectivity index (χ3n) is 3.31. The third kappa shape index (κ3) is 3.48. The van der Waals surface area contributed by atoms with Gasteiger partial charge in [0.25, 0.3) is 0 Å². The summed E-state index contributed by atoms with van der Waals surface area (Å²) in [5, 5.41) is 4.41. The van der Waals surface area contributed by atoms with Gasteiger partial charge in [-0.25, -0.2) is 0 Å². The summed E-state index contributed by atoms with van der Waals surface area (Å²) in [5.41, 5.74) is 3.36. The van der Waals surface area contributed by atoms with Gasteiger partial charge in [0.2, 0.25) is 0 Å². The maximum Gasteiger partial charge on any atom is 0.103 e. The molecule has 0 aromatic carbocycles. The molecular formula is C14H19BrN2O2. The van der Waals surface area contributed by atoms with E-state index in [0.717, 1.165) is 34.5 Å². The Morgan fingerprint density at radius 3 is 2.63 bits per heavy atom. The van der Waals surface area contributed by atoms with E-state index in [0.29, 0.717) is 13.2 Å². The first-order valence-corrected chi connectivity index (χ1v) is 7.09. The number of aromatic nitrogens is 2. The molecule has 1 heterocycles. The number of ether oxygens (including phenoxy) is 2. The predicted octanol–water partition coefficient (Wildman–Crippen LogP) is 3.26. The van der Waals surface area contributed by atoms with Crippen molar-refractivity contribution in [1.82, 2.24) is 9.78 Å². The monoisotopic (exact) mass is 326 g/mol. The Hall–Kier alpha value is -1.07. The minimum Gasteiger partial charge on any atom is -0.501 e. The second-order valence-corrected chi connectivity index (χ2v) is 5.42. The van der Waals surface area contributed by atoms with Crippen LogP contribution in [0.3, 0.4) is 0 Å². The third-order valence-corrected chi connectivity index (χ3v) is 4.34. The summed E-state index contributed by atoms with van der Waals surface area (Å²) in [7, 11) is 3.65. The zero-order chi connectivity index (χ0) is 13.8. The number of hydrogen-bond donors (Lipinski definition) is 0. The summed E-state index contributed by atoms with van der Waals surface area (Å²) in [6.07, 6.45) is 6.06. The van der Waals surface area contributed by atoms with Gasteiger partial charge in [-0.2, -0.15) is 5.10 Å². The smallest absolute Gasteiger partial charge is 0.103 e. The van der Waals surface area contributed by atoms with Crippen molar-refractivity contribution in [2.24, 2.45) is 7.05 Å². The van der Waals surface area contributed by atoms with Gasteiger partial charge >= 0.3 is 0 Å². The van der Waals surface area contributed by atoms with Crippen LogP contribution in [-0.4, -0.2) is 23.5 Å². The number of rotatable bonds is 5. The van der Waals surface area contributed by atoms with Crippen LogP contribution in [0.2, 0.25) is 0 Å². The zero-order valence-corrected chi connectivity index (χ0v) is 13.2. The molecular weight excluding hydrogens is 308 g/mol. The molecule has 5 heteroatoms. The van der Waals surface area contributed by atoms with Crippen molar-refractivity contribution < 1.29 is 9.47 Å². The number of allylic oxidation sites excluding steroid dienone is 3. The van der Waals surface area contributed by atoms with Gasteiger partial charge in [0.15, 0.2) is 0 Å². The molecule has 0 saturated heterocycles. The second kappa shape index (κ2) is 6.39. The Bertz CT molecular complexity index is 518. The minimum absolute atomic E-state index is 0.528. The van der Waals surface area contributed by atoms with E-state index in [1.54, 1.807) is 7.11 Å². The van der Waals surface area contributed by atoms with E-state index < -0.39 is 0 Å². The SMILES string of the molecule is COC1=CC=C(COCc2nn(C)c(C)c2Br)CC1. The molecule has 0 atom stereocenters. The highest BCUT2D eigenvalue weighted by atomic mass is 79.9. The van der Waals surface area contributed by atoms with Gasteiger partial charge < -0.3 is 9.47 Å². The van der Waals surface area contributed by atoms with Crippen molar-refractivity contribution in [2.75, 3.05) is 13.7 Å². The van der Waals surface area contributed by atoms with Gasteiger partial charge in [0, 0.05) is 19.2 Å². The fraction of sp³-hybridized carbons (Fsp3) is 0.500. The molecule has 1 aliphatic rings. The molecule has 19 heavy (non-hydrogen) atoms. The highest BCUT2D eigenvalue weighted by Crippen LogP contribution is 2.22. The molecule has 0 bridgehead atoms. The standard InChI is InChI=1S/C14H19BrN2O2/c1-10-14(15)13(16-17(10)2)9-19-8-11-4-6-12(18-3)7-5-11/h4,6H,5,7-9H2,1-3H3. The van der Waals surface area contributed by atoms with Crippen LogP contribution in [0.15, 0.2) is 28.0 Å². The van der Waals surface area contributed by atoms with Crippen LogP contribution in [0.25, 0.3) is 0 Å². The van der Waals surface area contributed by atoms with Crippen molar-refractivity contribution in [3.05, 3.63) is 39.3 Å². The number of halogens is 1. The maximum atomic E-state index is 5.73. The maximum absolute atomic E-state index is 5.73. The average molecular weight is 327 g/mol. The van der Waals surface area contributed by atoms with E-state index in [4.69, 9.17) is 9.47 Å². The molecule has 1 aromatic heterocycles. The molecule has 0 amide bonds. The summed E-state index contributed by atoms with van der Waals surface area (Å²) < 4.78 is 13.8. The van der Waals surface area contributed by atoms with E-state index in [1.165, 1.54) is 5.57 Å². The van der Waals surface area contributed by atoms with Crippen molar-refractivity contribution in [2.45, 2.75) is 26.4 Å². The van der Waals surface area contributed by atoms with E-state index in [-0.39, 0.29) is 0 Å². The molecule has 104 valence electrons. The van der Waals surface area contributed by atoms with Gasteiger partial charge in [0.1, 0.15) is 5.69 Å². The van der Waals surface area contributed by atoms with Gasteiger partial charge in [-0.15, -0.1) is 0 Å². The van der Waals surface area contributed by atoms with Gasteiger partial charge in [-0.3, -0.25) is 4.68 Å². The van der Waals surface area contributed by atoms with Crippen molar-refractivity contribution in [1.29, 1.82) is 0 Å². The molecule has 0 N–H and O–H groups in total. The minimum atomic E-state index is 0.528. The van der Waals surface area contributed by atoms with Crippen LogP contribution in [0.4, 0.5) is 0 Å². The van der Waals surface area contributed by atoms with Crippen LogP contribution < -0.4 is 0 Å². The molecule has 2 rings (SSSR count).